The first-order valence-electron chi connectivity index (χ1n) is 10.9. The average Bonchev–Trinajstić information content (AvgIpc) is 2.79. The molecule has 3 aromatic rings. The van der Waals surface area contributed by atoms with Crippen LogP contribution in [0.2, 0.25) is 0 Å². The Bertz CT molecular complexity index is 1020. The lowest BCUT2D eigenvalue weighted by Gasteiger charge is -2.18. The summed E-state index contributed by atoms with van der Waals surface area (Å²) in [7, 11) is 0. The minimum Gasteiger partial charge on any atom is -0.494 e. The Balaban J connectivity index is 1.78. The smallest absolute Gasteiger partial charge is 0.165 e. The van der Waals surface area contributed by atoms with Gasteiger partial charge in [-0.05, 0) is 79.9 Å². The van der Waals surface area contributed by atoms with Crippen LogP contribution in [-0.2, 0) is 19.6 Å². The second kappa shape index (κ2) is 11.8. The molecule has 0 aliphatic carbocycles. The van der Waals surface area contributed by atoms with Crippen molar-refractivity contribution in [2.75, 3.05) is 18.5 Å². The monoisotopic (exact) mass is 435 g/mol. The number of halogens is 1. The van der Waals surface area contributed by atoms with E-state index in [0.717, 1.165) is 28.1 Å². The molecule has 0 fully saturated rings. The van der Waals surface area contributed by atoms with Gasteiger partial charge < -0.3 is 19.5 Å². The summed E-state index contributed by atoms with van der Waals surface area (Å²) in [6, 6.07) is 18.4. The van der Waals surface area contributed by atoms with Crippen LogP contribution in [0.15, 0.2) is 73.3 Å². The van der Waals surface area contributed by atoms with Crippen molar-refractivity contribution in [1.82, 2.24) is 0 Å². The SMILES string of the molecule is C=CCc1cc(CNc2ccc(OCC)cc2)cc(OCC)c1OCc1cccc(F)c1. The van der Waals surface area contributed by atoms with Crippen LogP contribution in [0.4, 0.5) is 10.1 Å². The highest BCUT2D eigenvalue weighted by Gasteiger charge is 2.14. The molecule has 0 heterocycles. The number of anilines is 1. The van der Waals surface area contributed by atoms with E-state index in [0.29, 0.717) is 37.7 Å². The summed E-state index contributed by atoms with van der Waals surface area (Å²) in [6.07, 6.45) is 2.47. The van der Waals surface area contributed by atoms with E-state index in [1.54, 1.807) is 6.07 Å². The fourth-order valence-corrected chi connectivity index (χ4v) is 3.38. The summed E-state index contributed by atoms with van der Waals surface area (Å²) in [5.41, 5.74) is 3.81. The van der Waals surface area contributed by atoms with E-state index in [1.807, 2.05) is 56.3 Å². The Hall–Kier alpha value is -3.47. The van der Waals surface area contributed by atoms with Gasteiger partial charge in [0, 0.05) is 17.8 Å². The van der Waals surface area contributed by atoms with Crippen molar-refractivity contribution in [3.8, 4) is 17.2 Å². The van der Waals surface area contributed by atoms with E-state index < -0.39 is 0 Å². The molecule has 0 bridgehead atoms. The van der Waals surface area contributed by atoms with Crippen molar-refractivity contribution in [1.29, 1.82) is 0 Å². The maximum Gasteiger partial charge on any atom is 0.165 e. The zero-order chi connectivity index (χ0) is 22.8. The minimum absolute atomic E-state index is 0.256. The zero-order valence-corrected chi connectivity index (χ0v) is 18.7. The molecular formula is C27H30FNO3. The van der Waals surface area contributed by atoms with Crippen LogP contribution in [0.3, 0.4) is 0 Å². The summed E-state index contributed by atoms with van der Waals surface area (Å²) in [4.78, 5) is 0. The number of hydrogen-bond acceptors (Lipinski definition) is 4. The third-order valence-corrected chi connectivity index (χ3v) is 4.79. The molecule has 4 nitrogen and oxygen atoms in total. The van der Waals surface area contributed by atoms with Gasteiger partial charge in [-0.15, -0.1) is 6.58 Å². The summed E-state index contributed by atoms with van der Waals surface area (Å²) < 4.78 is 31.0. The van der Waals surface area contributed by atoms with Crippen molar-refractivity contribution in [3.05, 3.63) is 95.8 Å². The Morgan fingerprint density at radius 2 is 1.69 bits per heavy atom. The molecule has 1 N–H and O–H groups in total. The molecule has 0 aliphatic heterocycles. The van der Waals surface area contributed by atoms with Crippen molar-refractivity contribution in [2.24, 2.45) is 0 Å². The lowest BCUT2D eigenvalue weighted by Crippen LogP contribution is -2.06. The van der Waals surface area contributed by atoms with Crippen LogP contribution in [0, 0.1) is 5.82 Å². The standard InChI is InChI=1S/C27H30FNO3/c1-4-8-22-15-21(18-29-24-11-13-25(14-12-24)30-5-2)17-26(31-6-3)27(22)32-19-20-9-7-10-23(28)16-20/h4,7,9-17,29H,1,5-6,8,18-19H2,2-3H3. The van der Waals surface area contributed by atoms with Gasteiger partial charge in [0.2, 0.25) is 0 Å². The van der Waals surface area contributed by atoms with Crippen molar-refractivity contribution in [3.63, 3.8) is 0 Å². The Kier molecular flexibility index (Phi) is 8.55. The molecule has 32 heavy (non-hydrogen) atoms. The topological polar surface area (TPSA) is 39.7 Å². The second-order valence-electron chi connectivity index (χ2n) is 7.24. The molecule has 0 saturated carbocycles. The van der Waals surface area contributed by atoms with Crippen LogP contribution < -0.4 is 19.5 Å². The van der Waals surface area contributed by atoms with Crippen LogP contribution in [0.5, 0.6) is 17.2 Å². The van der Waals surface area contributed by atoms with Crippen molar-refractivity contribution in [2.45, 2.75) is 33.4 Å². The number of nitrogens with one attached hydrogen (secondary N) is 1. The van der Waals surface area contributed by atoms with E-state index in [-0.39, 0.29) is 12.4 Å². The maximum absolute atomic E-state index is 13.5. The molecule has 3 aromatic carbocycles. The highest BCUT2D eigenvalue weighted by atomic mass is 19.1. The van der Waals surface area contributed by atoms with Crippen LogP contribution in [0.25, 0.3) is 0 Å². The third-order valence-electron chi connectivity index (χ3n) is 4.79. The van der Waals surface area contributed by atoms with E-state index in [4.69, 9.17) is 14.2 Å². The molecule has 0 saturated heterocycles. The van der Waals surface area contributed by atoms with Crippen molar-refractivity contribution >= 4 is 5.69 Å². The van der Waals surface area contributed by atoms with E-state index >= 15 is 0 Å². The summed E-state index contributed by atoms with van der Waals surface area (Å²) >= 11 is 0. The van der Waals surface area contributed by atoms with Gasteiger partial charge in [0.1, 0.15) is 18.2 Å². The molecule has 0 atom stereocenters. The molecule has 0 spiro atoms. The van der Waals surface area contributed by atoms with Crippen LogP contribution >= 0.6 is 0 Å². The summed E-state index contributed by atoms with van der Waals surface area (Å²) in [5, 5.41) is 3.43. The molecule has 0 unspecified atom stereocenters. The van der Waals surface area contributed by atoms with Crippen LogP contribution in [-0.4, -0.2) is 13.2 Å². The summed E-state index contributed by atoms with van der Waals surface area (Å²) in [6.45, 7) is 9.82. The number of hydrogen-bond donors (Lipinski definition) is 1. The average molecular weight is 436 g/mol. The summed E-state index contributed by atoms with van der Waals surface area (Å²) in [5.74, 6) is 1.91. The van der Waals surface area contributed by atoms with Gasteiger partial charge in [0.05, 0.1) is 13.2 Å². The molecule has 0 amide bonds. The lowest BCUT2D eigenvalue weighted by atomic mass is 10.0. The molecular weight excluding hydrogens is 405 g/mol. The van der Waals surface area contributed by atoms with Gasteiger partial charge in [-0.3, -0.25) is 0 Å². The molecule has 3 rings (SSSR count). The van der Waals surface area contributed by atoms with E-state index in [2.05, 4.69) is 18.0 Å². The fourth-order valence-electron chi connectivity index (χ4n) is 3.38. The molecule has 0 aliphatic rings. The van der Waals surface area contributed by atoms with Crippen LogP contribution in [0.1, 0.15) is 30.5 Å². The second-order valence-corrected chi connectivity index (χ2v) is 7.24. The predicted molar refractivity (Wildman–Crippen MR) is 127 cm³/mol. The molecule has 0 radical (unpaired) electrons. The van der Waals surface area contributed by atoms with Gasteiger partial charge in [0.15, 0.2) is 11.5 Å². The van der Waals surface area contributed by atoms with E-state index in [1.165, 1.54) is 12.1 Å². The number of rotatable bonds is 12. The van der Waals surface area contributed by atoms with Gasteiger partial charge in [0.25, 0.3) is 0 Å². The normalized spacial score (nSPS) is 10.5. The number of ether oxygens (including phenoxy) is 3. The van der Waals surface area contributed by atoms with Crippen molar-refractivity contribution < 1.29 is 18.6 Å². The molecule has 0 aromatic heterocycles. The maximum atomic E-state index is 13.5. The molecule has 168 valence electrons. The highest BCUT2D eigenvalue weighted by Crippen LogP contribution is 2.35. The zero-order valence-electron chi connectivity index (χ0n) is 18.7. The predicted octanol–water partition coefficient (Wildman–Crippen LogP) is 6.54. The minimum atomic E-state index is -0.279. The van der Waals surface area contributed by atoms with Gasteiger partial charge in [-0.2, -0.15) is 0 Å². The Morgan fingerprint density at radius 1 is 0.906 bits per heavy atom. The molecule has 5 heteroatoms. The first-order chi connectivity index (χ1) is 15.6. The number of allylic oxidation sites excluding steroid dienone is 1. The van der Waals surface area contributed by atoms with Gasteiger partial charge in [-0.25, -0.2) is 4.39 Å². The Labute approximate surface area is 189 Å². The quantitative estimate of drug-likeness (QED) is 0.328. The highest BCUT2D eigenvalue weighted by molar-refractivity contribution is 5.52. The number of benzene rings is 3. The van der Waals surface area contributed by atoms with Gasteiger partial charge >= 0.3 is 0 Å². The lowest BCUT2D eigenvalue weighted by molar-refractivity contribution is 0.266. The fraction of sp³-hybridized carbons (Fsp3) is 0.259. The van der Waals surface area contributed by atoms with Gasteiger partial charge in [-0.1, -0.05) is 18.2 Å². The largest absolute Gasteiger partial charge is 0.494 e. The van der Waals surface area contributed by atoms with E-state index in [9.17, 15) is 4.39 Å². The third kappa shape index (κ3) is 6.51. The first-order valence-corrected chi connectivity index (χ1v) is 10.9. The first kappa shape index (κ1) is 23.2. The Morgan fingerprint density at radius 3 is 2.38 bits per heavy atom.